The second kappa shape index (κ2) is 10.1. The van der Waals surface area contributed by atoms with Gasteiger partial charge in [-0.2, -0.15) is 0 Å². The number of rotatable bonds is 6. The van der Waals surface area contributed by atoms with Gasteiger partial charge < -0.3 is 19.5 Å². The van der Waals surface area contributed by atoms with Crippen LogP contribution in [0.2, 0.25) is 0 Å². The van der Waals surface area contributed by atoms with Crippen LogP contribution in [0, 0.1) is 13.8 Å². The first-order valence-corrected chi connectivity index (χ1v) is 13.1. The molecule has 2 atom stereocenters. The molecule has 6 heteroatoms. The molecule has 1 aliphatic heterocycles. The average molecular weight is 517 g/mol. The predicted octanol–water partition coefficient (Wildman–Crippen LogP) is 7.46. The van der Waals surface area contributed by atoms with Crippen molar-refractivity contribution in [2.24, 2.45) is 0 Å². The van der Waals surface area contributed by atoms with Gasteiger partial charge in [-0.05, 0) is 98.9 Å². The van der Waals surface area contributed by atoms with Crippen molar-refractivity contribution in [1.29, 1.82) is 0 Å². The summed E-state index contributed by atoms with van der Waals surface area (Å²) >= 11 is 5.92. The quantitative estimate of drug-likeness (QED) is 0.237. The van der Waals surface area contributed by atoms with E-state index in [1.54, 1.807) is 0 Å². The van der Waals surface area contributed by atoms with Crippen LogP contribution < -0.4 is 15.0 Å². The number of benzene rings is 3. The molecule has 2 unspecified atom stereocenters. The lowest BCUT2D eigenvalue weighted by Crippen LogP contribution is -2.30. The molecule has 1 N–H and O–H groups in total. The van der Waals surface area contributed by atoms with Gasteiger partial charge in [-0.1, -0.05) is 41.5 Å². The number of anilines is 1. The molecule has 1 saturated heterocycles. The van der Waals surface area contributed by atoms with Crippen LogP contribution in [-0.2, 0) is 0 Å². The van der Waals surface area contributed by atoms with Crippen molar-refractivity contribution in [3.05, 3.63) is 138 Å². The summed E-state index contributed by atoms with van der Waals surface area (Å²) in [6, 6.07) is 34.7. The number of pyridine rings is 1. The first kappa shape index (κ1) is 23.9. The molecule has 0 radical (unpaired) electrons. The lowest BCUT2D eigenvalue weighted by atomic mass is 10.0. The highest BCUT2D eigenvalue weighted by molar-refractivity contribution is 7.80. The van der Waals surface area contributed by atoms with Crippen molar-refractivity contribution in [2.75, 3.05) is 4.90 Å². The van der Waals surface area contributed by atoms with Crippen molar-refractivity contribution in [3.63, 3.8) is 0 Å². The molecule has 2 aromatic heterocycles. The fourth-order valence-corrected chi connectivity index (χ4v) is 5.27. The van der Waals surface area contributed by atoms with E-state index in [0.29, 0.717) is 5.11 Å². The van der Waals surface area contributed by atoms with Crippen LogP contribution >= 0.6 is 12.2 Å². The van der Waals surface area contributed by atoms with Crippen molar-refractivity contribution >= 4 is 23.0 Å². The van der Waals surface area contributed by atoms with Crippen molar-refractivity contribution in [1.82, 2.24) is 14.9 Å². The lowest BCUT2D eigenvalue weighted by molar-refractivity contribution is 0.482. The number of thiocarbonyl (C=S) groups is 1. The number of ether oxygens (including phenoxy) is 1. The van der Waals surface area contributed by atoms with Crippen LogP contribution in [0.1, 0.15) is 34.6 Å². The molecule has 188 valence electrons. The molecule has 0 amide bonds. The zero-order chi connectivity index (χ0) is 26.1. The van der Waals surface area contributed by atoms with E-state index in [1.807, 2.05) is 54.7 Å². The molecule has 5 nitrogen and oxygen atoms in total. The summed E-state index contributed by atoms with van der Waals surface area (Å²) in [6.07, 6.45) is 3.93. The Kier molecular flexibility index (Phi) is 6.40. The van der Waals surface area contributed by atoms with E-state index >= 15 is 0 Å². The second-order valence-electron chi connectivity index (χ2n) is 9.54. The van der Waals surface area contributed by atoms with Crippen LogP contribution in [0.5, 0.6) is 11.5 Å². The molecule has 0 saturated carbocycles. The largest absolute Gasteiger partial charge is 0.457 e. The highest BCUT2D eigenvalue weighted by Crippen LogP contribution is 2.42. The molecule has 5 aromatic rings. The van der Waals surface area contributed by atoms with E-state index in [0.717, 1.165) is 34.3 Å². The topological polar surface area (TPSA) is 42.3 Å². The van der Waals surface area contributed by atoms with Gasteiger partial charge in [0, 0.05) is 29.5 Å². The van der Waals surface area contributed by atoms with Gasteiger partial charge in [0.25, 0.3) is 0 Å². The molecule has 0 aliphatic carbocycles. The van der Waals surface area contributed by atoms with Gasteiger partial charge in [-0.15, -0.1) is 0 Å². The Balaban J connectivity index is 1.38. The summed E-state index contributed by atoms with van der Waals surface area (Å²) in [5.41, 5.74) is 6.59. The number of aryl methyl sites for hydroxylation is 2. The van der Waals surface area contributed by atoms with Crippen LogP contribution in [-0.4, -0.2) is 14.7 Å². The first-order chi connectivity index (χ1) is 18.6. The third-order valence-electron chi connectivity index (χ3n) is 6.87. The Bertz CT molecular complexity index is 1540. The third kappa shape index (κ3) is 4.66. The van der Waals surface area contributed by atoms with E-state index in [-0.39, 0.29) is 12.1 Å². The monoisotopic (exact) mass is 516 g/mol. The SMILES string of the molecule is Cc1ccc(Oc2ccc(N3C(=S)NC(c4ccccn4)C3c3cccn3-c3ccc(C)cc3)cc2)cc1. The Hall–Kier alpha value is -4.42. The minimum Gasteiger partial charge on any atom is -0.457 e. The molecule has 6 rings (SSSR count). The Morgan fingerprint density at radius 2 is 1.37 bits per heavy atom. The second-order valence-corrected chi connectivity index (χ2v) is 9.93. The Labute approximate surface area is 228 Å². The predicted molar refractivity (Wildman–Crippen MR) is 156 cm³/mol. The lowest BCUT2D eigenvalue weighted by Gasteiger charge is -2.29. The van der Waals surface area contributed by atoms with E-state index < -0.39 is 0 Å². The average Bonchev–Trinajstić information content (AvgIpc) is 3.56. The molecular weight excluding hydrogens is 488 g/mol. The van der Waals surface area contributed by atoms with Crippen LogP contribution in [0.3, 0.4) is 0 Å². The van der Waals surface area contributed by atoms with Gasteiger partial charge in [0.1, 0.15) is 17.5 Å². The standard InChI is InChI=1S/C32H28N4OS/c1-22-8-12-24(13-9-22)35-21-5-7-29(35)31-30(28-6-3-4-20-33-28)34-32(38)36(31)25-14-18-27(19-15-25)37-26-16-10-23(2)11-17-26/h3-21,30-31H,1-2H3,(H,34,38). The minimum absolute atomic E-state index is 0.113. The summed E-state index contributed by atoms with van der Waals surface area (Å²) in [7, 11) is 0. The normalized spacial score (nSPS) is 16.9. The molecule has 0 spiro atoms. The maximum absolute atomic E-state index is 6.07. The number of hydrogen-bond acceptors (Lipinski definition) is 3. The molecule has 0 bridgehead atoms. The number of aromatic nitrogens is 2. The summed E-state index contributed by atoms with van der Waals surface area (Å²) in [4.78, 5) is 6.87. The fourth-order valence-electron chi connectivity index (χ4n) is 4.93. The Morgan fingerprint density at radius 3 is 2.03 bits per heavy atom. The highest BCUT2D eigenvalue weighted by Gasteiger charge is 2.42. The molecule has 3 aromatic carbocycles. The van der Waals surface area contributed by atoms with Crippen LogP contribution in [0.25, 0.3) is 5.69 Å². The zero-order valence-corrected chi connectivity index (χ0v) is 22.1. The smallest absolute Gasteiger partial charge is 0.174 e. The highest BCUT2D eigenvalue weighted by atomic mass is 32.1. The van der Waals surface area contributed by atoms with Gasteiger partial charge in [0.2, 0.25) is 0 Å². The van der Waals surface area contributed by atoms with E-state index in [1.165, 1.54) is 11.1 Å². The van der Waals surface area contributed by atoms with E-state index in [9.17, 15) is 0 Å². The van der Waals surface area contributed by atoms with Crippen molar-refractivity contribution in [3.8, 4) is 17.2 Å². The van der Waals surface area contributed by atoms with Crippen molar-refractivity contribution < 1.29 is 4.74 Å². The molecule has 1 fully saturated rings. The van der Waals surface area contributed by atoms with Gasteiger partial charge in [-0.25, -0.2) is 0 Å². The number of hydrogen-bond donors (Lipinski definition) is 1. The maximum atomic E-state index is 6.07. The molecule has 1 aliphatic rings. The maximum Gasteiger partial charge on any atom is 0.174 e. The fraction of sp³-hybridized carbons (Fsp3) is 0.125. The van der Waals surface area contributed by atoms with E-state index in [4.69, 9.17) is 17.0 Å². The number of nitrogens with one attached hydrogen (secondary N) is 1. The van der Waals surface area contributed by atoms with Crippen LogP contribution in [0.15, 0.2) is 116 Å². The Morgan fingerprint density at radius 1 is 0.737 bits per heavy atom. The van der Waals surface area contributed by atoms with E-state index in [2.05, 4.69) is 94.4 Å². The van der Waals surface area contributed by atoms with Gasteiger partial charge in [0.05, 0.1) is 11.7 Å². The molecular formula is C32H28N4OS. The van der Waals surface area contributed by atoms with Crippen LogP contribution in [0.4, 0.5) is 5.69 Å². The summed E-state index contributed by atoms with van der Waals surface area (Å²) < 4.78 is 8.31. The summed E-state index contributed by atoms with van der Waals surface area (Å²) in [6.45, 7) is 4.17. The number of nitrogens with zero attached hydrogens (tertiary/aromatic N) is 3. The summed E-state index contributed by atoms with van der Waals surface area (Å²) in [5.74, 6) is 1.59. The van der Waals surface area contributed by atoms with Gasteiger partial charge in [-0.3, -0.25) is 4.98 Å². The minimum atomic E-state index is -0.119. The van der Waals surface area contributed by atoms with Gasteiger partial charge >= 0.3 is 0 Å². The van der Waals surface area contributed by atoms with Gasteiger partial charge in [0.15, 0.2) is 5.11 Å². The molecule has 38 heavy (non-hydrogen) atoms. The molecule has 3 heterocycles. The first-order valence-electron chi connectivity index (χ1n) is 12.7. The summed E-state index contributed by atoms with van der Waals surface area (Å²) in [5, 5.41) is 4.22. The zero-order valence-electron chi connectivity index (χ0n) is 21.3. The third-order valence-corrected chi connectivity index (χ3v) is 7.18. The van der Waals surface area contributed by atoms with Crippen molar-refractivity contribution in [2.45, 2.75) is 25.9 Å².